The summed E-state index contributed by atoms with van der Waals surface area (Å²) >= 11 is 0. The number of hydrogen-bond donors (Lipinski definition) is 1. The molecule has 1 N–H and O–H groups in total. The smallest absolute Gasteiger partial charge is 0.236 e. The highest BCUT2D eigenvalue weighted by Gasteiger charge is 2.41. The van der Waals surface area contributed by atoms with Crippen LogP contribution < -0.4 is 0 Å². The predicted octanol–water partition coefficient (Wildman–Crippen LogP) is 5.03. The summed E-state index contributed by atoms with van der Waals surface area (Å²) < 4.78 is 4.44. The molecule has 6 nitrogen and oxygen atoms in total. The number of aryl methyl sites for hydroxylation is 2. The summed E-state index contributed by atoms with van der Waals surface area (Å²) in [6.45, 7) is 5.95. The Balaban J connectivity index is 1.14. The molecule has 1 saturated heterocycles. The first kappa shape index (κ1) is 23.0. The van der Waals surface area contributed by atoms with E-state index in [1.807, 2.05) is 43.3 Å². The van der Waals surface area contributed by atoms with Crippen molar-refractivity contribution in [2.75, 3.05) is 19.6 Å². The SMILES string of the molecule is Cc1nnc2n(CCCN3CCC(C(O)(c4ccccc4)c4ccccc4)CC3)c3ccccc3n12. The topological polar surface area (TPSA) is 58.6 Å². The Morgan fingerprint density at radius 2 is 1.36 bits per heavy atom. The van der Waals surface area contributed by atoms with Gasteiger partial charge in [0.15, 0.2) is 0 Å². The molecule has 0 radical (unpaired) electrons. The van der Waals surface area contributed by atoms with Crippen LogP contribution in [0.3, 0.4) is 0 Å². The van der Waals surface area contributed by atoms with E-state index in [2.05, 4.69) is 72.6 Å². The Morgan fingerprint density at radius 1 is 0.778 bits per heavy atom. The molecule has 3 aromatic carbocycles. The third-order valence-corrected chi connectivity index (χ3v) is 7.92. The molecule has 0 spiro atoms. The third-order valence-electron chi connectivity index (χ3n) is 7.92. The number of para-hydroxylation sites is 2. The van der Waals surface area contributed by atoms with E-state index in [-0.39, 0.29) is 5.92 Å². The molecule has 184 valence electrons. The van der Waals surface area contributed by atoms with Gasteiger partial charge in [-0.3, -0.25) is 4.40 Å². The minimum atomic E-state index is -0.962. The van der Waals surface area contributed by atoms with E-state index in [1.54, 1.807) is 0 Å². The fourth-order valence-corrected chi connectivity index (χ4v) is 6.07. The van der Waals surface area contributed by atoms with Gasteiger partial charge in [-0.1, -0.05) is 72.8 Å². The number of rotatable bonds is 7. The molecule has 0 aliphatic carbocycles. The van der Waals surface area contributed by atoms with Crippen LogP contribution in [0.25, 0.3) is 16.8 Å². The average Bonchev–Trinajstić information content (AvgIpc) is 3.47. The number of likely N-dealkylation sites (tertiary alicyclic amines) is 1. The Labute approximate surface area is 211 Å². The highest BCUT2D eigenvalue weighted by Crippen LogP contribution is 2.41. The Morgan fingerprint density at radius 3 is 2.00 bits per heavy atom. The summed E-state index contributed by atoms with van der Waals surface area (Å²) in [6, 6.07) is 28.9. The van der Waals surface area contributed by atoms with E-state index in [0.29, 0.717) is 0 Å². The molecule has 0 atom stereocenters. The van der Waals surface area contributed by atoms with Gasteiger partial charge in [0.05, 0.1) is 11.0 Å². The molecule has 0 unspecified atom stereocenters. The van der Waals surface area contributed by atoms with Crippen molar-refractivity contribution in [1.29, 1.82) is 0 Å². The van der Waals surface area contributed by atoms with Gasteiger partial charge >= 0.3 is 0 Å². The minimum absolute atomic E-state index is 0.186. The maximum absolute atomic E-state index is 12.1. The molecule has 1 fully saturated rings. The molecule has 36 heavy (non-hydrogen) atoms. The largest absolute Gasteiger partial charge is 0.380 e. The molecule has 1 aliphatic heterocycles. The molecular weight excluding hydrogens is 446 g/mol. The van der Waals surface area contributed by atoms with Gasteiger partial charge in [-0.25, -0.2) is 0 Å². The van der Waals surface area contributed by atoms with E-state index in [9.17, 15) is 5.11 Å². The molecule has 0 amide bonds. The van der Waals surface area contributed by atoms with Crippen LogP contribution in [0.4, 0.5) is 0 Å². The second-order valence-corrected chi connectivity index (χ2v) is 9.99. The van der Waals surface area contributed by atoms with E-state index >= 15 is 0 Å². The van der Waals surface area contributed by atoms with Crippen LogP contribution in [0.2, 0.25) is 0 Å². The number of fused-ring (bicyclic) bond motifs is 3. The van der Waals surface area contributed by atoms with E-state index in [4.69, 9.17) is 0 Å². The summed E-state index contributed by atoms with van der Waals surface area (Å²) in [7, 11) is 0. The van der Waals surface area contributed by atoms with E-state index in [0.717, 1.165) is 73.7 Å². The predicted molar refractivity (Wildman–Crippen MR) is 143 cm³/mol. The van der Waals surface area contributed by atoms with Gasteiger partial charge in [0.25, 0.3) is 0 Å². The number of aliphatic hydroxyl groups is 1. The van der Waals surface area contributed by atoms with Crippen molar-refractivity contribution in [3.8, 4) is 0 Å². The molecule has 3 heterocycles. The molecule has 0 bridgehead atoms. The van der Waals surface area contributed by atoms with Crippen LogP contribution in [-0.2, 0) is 12.1 Å². The van der Waals surface area contributed by atoms with Gasteiger partial charge in [0.2, 0.25) is 5.78 Å². The second-order valence-electron chi connectivity index (χ2n) is 9.99. The molecule has 2 aromatic heterocycles. The lowest BCUT2D eigenvalue weighted by Crippen LogP contribution is -2.44. The first-order chi connectivity index (χ1) is 17.7. The zero-order chi connectivity index (χ0) is 24.5. The maximum atomic E-state index is 12.1. The molecule has 6 heteroatoms. The minimum Gasteiger partial charge on any atom is -0.380 e. The second kappa shape index (κ2) is 9.52. The molecule has 1 aliphatic rings. The number of piperidine rings is 1. The molecule has 0 saturated carbocycles. The van der Waals surface area contributed by atoms with E-state index < -0.39 is 5.60 Å². The van der Waals surface area contributed by atoms with Gasteiger partial charge in [0.1, 0.15) is 11.4 Å². The number of aromatic nitrogens is 4. The highest BCUT2D eigenvalue weighted by molar-refractivity contribution is 5.80. The van der Waals surface area contributed by atoms with Crippen molar-refractivity contribution < 1.29 is 5.11 Å². The van der Waals surface area contributed by atoms with Crippen LogP contribution in [0.5, 0.6) is 0 Å². The van der Waals surface area contributed by atoms with Crippen LogP contribution in [0.15, 0.2) is 84.9 Å². The van der Waals surface area contributed by atoms with Crippen molar-refractivity contribution in [2.45, 2.75) is 38.3 Å². The lowest BCUT2D eigenvalue weighted by molar-refractivity contribution is -0.0143. The fourth-order valence-electron chi connectivity index (χ4n) is 6.07. The third kappa shape index (κ3) is 3.91. The van der Waals surface area contributed by atoms with Crippen molar-refractivity contribution in [3.05, 3.63) is 102 Å². The summed E-state index contributed by atoms with van der Waals surface area (Å²) in [6.07, 6.45) is 2.99. The maximum Gasteiger partial charge on any atom is 0.236 e. The standard InChI is InChI=1S/C30H33N5O/c1-23-31-32-29-34(27-15-8-9-16-28(27)35(23)29)20-10-19-33-21-17-26(18-22-33)30(36,24-11-4-2-5-12-24)25-13-6-3-7-14-25/h2-9,11-16,26,36H,10,17-22H2,1H3. The zero-order valence-electron chi connectivity index (χ0n) is 20.8. The van der Waals surface area contributed by atoms with Gasteiger partial charge < -0.3 is 14.6 Å². The Kier molecular flexibility index (Phi) is 6.07. The van der Waals surface area contributed by atoms with Crippen LogP contribution >= 0.6 is 0 Å². The van der Waals surface area contributed by atoms with Crippen LogP contribution in [0, 0.1) is 12.8 Å². The lowest BCUT2D eigenvalue weighted by atomic mass is 9.72. The fraction of sp³-hybridized carbons (Fsp3) is 0.333. The van der Waals surface area contributed by atoms with Crippen molar-refractivity contribution >= 4 is 16.8 Å². The number of benzene rings is 3. The summed E-state index contributed by atoms with van der Waals surface area (Å²) in [5.74, 6) is 2.03. The Hall–Kier alpha value is -3.48. The highest BCUT2D eigenvalue weighted by atomic mass is 16.3. The number of imidazole rings is 1. The lowest BCUT2D eigenvalue weighted by Gasteiger charge is -2.42. The molecular formula is C30H33N5O. The van der Waals surface area contributed by atoms with Gasteiger partial charge in [-0.05, 0) is 75.0 Å². The van der Waals surface area contributed by atoms with Gasteiger partial charge in [-0.2, -0.15) is 0 Å². The van der Waals surface area contributed by atoms with Gasteiger partial charge in [-0.15, -0.1) is 10.2 Å². The van der Waals surface area contributed by atoms with Crippen molar-refractivity contribution in [1.82, 2.24) is 24.1 Å². The summed E-state index contributed by atoms with van der Waals surface area (Å²) in [4.78, 5) is 2.55. The Bertz CT molecular complexity index is 1410. The average molecular weight is 480 g/mol. The molecule has 5 aromatic rings. The quantitative estimate of drug-likeness (QED) is 0.356. The summed E-state index contributed by atoms with van der Waals surface area (Å²) in [5.41, 5.74) is 3.39. The number of nitrogens with zero attached hydrogens (tertiary/aromatic N) is 5. The summed E-state index contributed by atoms with van der Waals surface area (Å²) in [5, 5.41) is 20.9. The van der Waals surface area contributed by atoms with Crippen molar-refractivity contribution in [2.24, 2.45) is 5.92 Å². The zero-order valence-corrected chi connectivity index (χ0v) is 20.8. The van der Waals surface area contributed by atoms with Crippen LogP contribution in [-0.4, -0.2) is 48.8 Å². The monoisotopic (exact) mass is 479 g/mol. The van der Waals surface area contributed by atoms with Gasteiger partial charge in [0, 0.05) is 6.54 Å². The van der Waals surface area contributed by atoms with Crippen molar-refractivity contribution in [3.63, 3.8) is 0 Å². The normalized spacial score (nSPS) is 15.7. The molecule has 6 rings (SSSR count). The first-order valence-electron chi connectivity index (χ1n) is 13.0. The van der Waals surface area contributed by atoms with Crippen LogP contribution in [0.1, 0.15) is 36.2 Å². The number of hydrogen-bond acceptors (Lipinski definition) is 4. The van der Waals surface area contributed by atoms with E-state index in [1.165, 1.54) is 5.52 Å². The first-order valence-corrected chi connectivity index (χ1v) is 13.0.